The second-order valence-electron chi connectivity index (χ2n) is 2.98. The second kappa shape index (κ2) is 4.12. The molecule has 0 unspecified atom stereocenters. The van der Waals surface area contributed by atoms with E-state index in [1.54, 1.807) is 6.26 Å². The number of carbonyl (C=O) groups is 1. The lowest BCUT2D eigenvalue weighted by Crippen LogP contribution is -2.29. The summed E-state index contributed by atoms with van der Waals surface area (Å²) in [5.74, 6) is -0.0845. The molecule has 0 aromatic heterocycles. The predicted octanol–water partition coefficient (Wildman–Crippen LogP) is 1.43. The average Bonchev–Trinajstić information content (AvgIpc) is 2.04. The lowest BCUT2D eigenvalue weighted by molar-refractivity contribution is -0.118. The van der Waals surface area contributed by atoms with Gasteiger partial charge in [0.05, 0.1) is 12.0 Å². The van der Waals surface area contributed by atoms with Crippen molar-refractivity contribution in [2.75, 3.05) is 6.26 Å². The van der Waals surface area contributed by atoms with Gasteiger partial charge in [-0.3, -0.25) is 4.79 Å². The van der Waals surface area contributed by atoms with Gasteiger partial charge in [0.2, 0.25) is 0 Å². The molecule has 0 aliphatic heterocycles. The first kappa shape index (κ1) is 9.07. The summed E-state index contributed by atoms with van der Waals surface area (Å²) in [6.45, 7) is 0. The van der Waals surface area contributed by atoms with E-state index in [2.05, 4.69) is 0 Å². The molecule has 0 aromatic carbocycles. The van der Waals surface area contributed by atoms with Crippen LogP contribution in [0, 0.1) is 5.92 Å². The van der Waals surface area contributed by atoms with Gasteiger partial charge in [0.25, 0.3) is 0 Å². The number of thioether (sulfide) groups is 1. The molecule has 1 N–H and O–H groups in total. The fourth-order valence-electron chi connectivity index (χ4n) is 1.54. The molecule has 1 rings (SSSR count). The van der Waals surface area contributed by atoms with E-state index in [1.165, 1.54) is 11.8 Å². The third-order valence-electron chi connectivity index (χ3n) is 2.23. The molecule has 0 radical (unpaired) electrons. The van der Waals surface area contributed by atoms with Gasteiger partial charge in [-0.05, 0) is 19.1 Å². The first-order valence-electron chi connectivity index (χ1n) is 4.01. The van der Waals surface area contributed by atoms with Gasteiger partial charge >= 0.3 is 0 Å². The van der Waals surface area contributed by atoms with Crippen molar-refractivity contribution in [1.29, 1.82) is 0 Å². The smallest absolute Gasteiger partial charge is 0.194 e. The van der Waals surface area contributed by atoms with Gasteiger partial charge in [-0.15, -0.1) is 0 Å². The third kappa shape index (κ3) is 2.20. The zero-order chi connectivity index (χ0) is 8.27. The molecule has 0 spiro atoms. The molecular weight excluding hydrogens is 160 g/mol. The lowest BCUT2D eigenvalue weighted by atomic mass is 9.87. The maximum absolute atomic E-state index is 11.2. The topological polar surface area (TPSA) is 37.3 Å². The predicted molar refractivity (Wildman–Crippen MR) is 46.5 cm³/mol. The van der Waals surface area contributed by atoms with Gasteiger partial charge < -0.3 is 5.11 Å². The average molecular weight is 174 g/mol. The summed E-state index contributed by atoms with van der Waals surface area (Å²) in [5.41, 5.74) is 0. The van der Waals surface area contributed by atoms with Crippen LogP contribution in [0.4, 0.5) is 0 Å². The van der Waals surface area contributed by atoms with Gasteiger partial charge in [-0.25, -0.2) is 0 Å². The van der Waals surface area contributed by atoms with Crippen LogP contribution in [0.25, 0.3) is 0 Å². The van der Waals surface area contributed by atoms with Gasteiger partial charge in [0.1, 0.15) is 0 Å². The molecule has 1 saturated carbocycles. The first-order valence-corrected chi connectivity index (χ1v) is 5.24. The van der Waals surface area contributed by atoms with E-state index < -0.39 is 0 Å². The quantitative estimate of drug-likeness (QED) is 0.653. The number of hydrogen-bond donors (Lipinski definition) is 1. The van der Waals surface area contributed by atoms with Crippen molar-refractivity contribution in [1.82, 2.24) is 0 Å². The summed E-state index contributed by atoms with van der Waals surface area (Å²) >= 11 is 1.24. The Balaban J connectivity index is 2.47. The van der Waals surface area contributed by atoms with E-state index in [9.17, 15) is 9.90 Å². The van der Waals surface area contributed by atoms with Crippen molar-refractivity contribution in [2.45, 2.75) is 31.8 Å². The zero-order valence-corrected chi connectivity index (χ0v) is 7.56. The maximum atomic E-state index is 11.2. The molecule has 11 heavy (non-hydrogen) atoms. The minimum atomic E-state index is -0.372. The monoisotopic (exact) mass is 174 g/mol. The van der Waals surface area contributed by atoms with Crippen LogP contribution < -0.4 is 0 Å². The molecule has 3 heteroatoms. The van der Waals surface area contributed by atoms with Gasteiger partial charge in [0.15, 0.2) is 5.12 Å². The number of aliphatic hydroxyl groups is 1. The van der Waals surface area contributed by atoms with Gasteiger partial charge in [-0.1, -0.05) is 24.6 Å². The Bertz CT molecular complexity index is 147. The van der Waals surface area contributed by atoms with Crippen LogP contribution in [-0.2, 0) is 4.79 Å². The van der Waals surface area contributed by atoms with Crippen LogP contribution in [-0.4, -0.2) is 22.6 Å². The summed E-state index contributed by atoms with van der Waals surface area (Å²) in [6, 6.07) is 0. The van der Waals surface area contributed by atoms with E-state index in [0.29, 0.717) is 0 Å². The van der Waals surface area contributed by atoms with E-state index in [-0.39, 0.29) is 17.1 Å². The van der Waals surface area contributed by atoms with Crippen molar-refractivity contribution in [3.05, 3.63) is 0 Å². The van der Waals surface area contributed by atoms with Crippen LogP contribution in [0.15, 0.2) is 0 Å². The molecule has 0 aromatic rings. The Morgan fingerprint density at radius 3 is 2.64 bits per heavy atom. The maximum Gasteiger partial charge on any atom is 0.194 e. The molecule has 1 aliphatic carbocycles. The Labute approximate surface area is 71.4 Å². The van der Waals surface area contributed by atoms with Crippen LogP contribution in [0.3, 0.4) is 0 Å². The number of hydrogen-bond acceptors (Lipinski definition) is 3. The molecule has 1 aliphatic rings. The molecule has 0 amide bonds. The van der Waals surface area contributed by atoms with Crippen molar-refractivity contribution in [2.24, 2.45) is 5.92 Å². The van der Waals surface area contributed by atoms with Crippen LogP contribution in [0.2, 0.25) is 0 Å². The van der Waals surface area contributed by atoms with E-state index in [4.69, 9.17) is 0 Å². The minimum absolute atomic E-state index is 0.0845. The molecule has 0 bridgehead atoms. The highest BCUT2D eigenvalue weighted by molar-refractivity contribution is 8.13. The summed E-state index contributed by atoms with van der Waals surface area (Å²) in [5, 5.41) is 9.59. The van der Waals surface area contributed by atoms with Crippen molar-refractivity contribution in [3.8, 4) is 0 Å². The van der Waals surface area contributed by atoms with Crippen molar-refractivity contribution < 1.29 is 9.90 Å². The first-order chi connectivity index (χ1) is 5.25. The number of aliphatic hydroxyl groups excluding tert-OH is 1. The van der Waals surface area contributed by atoms with E-state index >= 15 is 0 Å². The van der Waals surface area contributed by atoms with Gasteiger partial charge in [0, 0.05) is 0 Å². The minimum Gasteiger partial charge on any atom is -0.392 e. The van der Waals surface area contributed by atoms with Gasteiger partial charge in [-0.2, -0.15) is 0 Å². The highest BCUT2D eigenvalue weighted by Gasteiger charge is 2.28. The molecular formula is C8H14O2S. The molecule has 0 heterocycles. The van der Waals surface area contributed by atoms with Crippen molar-refractivity contribution >= 4 is 16.9 Å². The highest BCUT2D eigenvalue weighted by atomic mass is 32.2. The Morgan fingerprint density at radius 2 is 2.09 bits per heavy atom. The Hall–Kier alpha value is -0.0200. The highest BCUT2D eigenvalue weighted by Crippen LogP contribution is 2.27. The van der Waals surface area contributed by atoms with Crippen LogP contribution in [0.5, 0.6) is 0 Å². The SMILES string of the molecule is CSC(=O)[C@@H]1CCCC[C@@H]1O. The normalized spacial score (nSPS) is 31.8. The summed E-state index contributed by atoms with van der Waals surface area (Å²) in [7, 11) is 0. The van der Waals surface area contributed by atoms with Crippen LogP contribution >= 0.6 is 11.8 Å². The molecule has 2 atom stereocenters. The molecule has 2 nitrogen and oxygen atoms in total. The summed E-state index contributed by atoms with van der Waals surface area (Å²) < 4.78 is 0. The molecule has 0 saturated heterocycles. The fraction of sp³-hybridized carbons (Fsp3) is 0.875. The zero-order valence-electron chi connectivity index (χ0n) is 6.75. The van der Waals surface area contributed by atoms with E-state index in [0.717, 1.165) is 25.7 Å². The molecule has 64 valence electrons. The van der Waals surface area contributed by atoms with Crippen LogP contribution in [0.1, 0.15) is 25.7 Å². The molecule has 1 fully saturated rings. The Kier molecular flexibility index (Phi) is 3.40. The summed E-state index contributed by atoms with van der Waals surface area (Å²) in [4.78, 5) is 11.2. The third-order valence-corrected chi connectivity index (χ3v) is 2.94. The second-order valence-corrected chi connectivity index (χ2v) is 3.79. The van der Waals surface area contributed by atoms with Crippen molar-refractivity contribution in [3.63, 3.8) is 0 Å². The number of rotatable bonds is 1. The van der Waals surface area contributed by atoms with E-state index in [1.807, 2.05) is 0 Å². The summed E-state index contributed by atoms with van der Waals surface area (Å²) in [6.07, 6.45) is 5.25. The lowest BCUT2D eigenvalue weighted by Gasteiger charge is -2.25. The Morgan fingerprint density at radius 1 is 1.45 bits per heavy atom. The largest absolute Gasteiger partial charge is 0.392 e. The standard InChI is InChI=1S/C8H14O2S/c1-11-8(10)6-4-2-3-5-7(6)9/h6-7,9H,2-5H2,1H3/t6-,7+/m1/s1. The fourth-order valence-corrected chi connectivity index (χ4v) is 2.12. The number of carbonyl (C=O) groups excluding carboxylic acids is 1.